The third kappa shape index (κ3) is 6.56. The molecule has 2 aromatic rings. The van der Waals surface area contributed by atoms with Crippen LogP contribution in [0.1, 0.15) is 49.8 Å². The van der Waals surface area contributed by atoms with Crippen molar-refractivity contribution in [1.29, 1.82) is 0 Å². The average Bonchev–Trinajstić information content (AvgIpc) is 3.27. The summed E-state index contributed by atoms with van der Waals surface area (Å²) in [6.07, 6.45) is -0.806. The van der Waals surface area contributed by atoms with Gasteiger partial charge in [0.1, 0.15) is 18.2 Å². The molecule has 1 aliphatic heterocycles. The number of amides is 1. The summed E-state index contributed by atoms with van der Waals surface area (Å²) in [4.78, 5) is 12.7. The summed E-state index contributed by atoms with van der Waals surface area (Å²) in [6.45, 7) is -0.873. The Morgan fingerprint density at radius 1 is 1.26 bits per heavy atom. The predicted octanol–water partition coefficient (Wildman–Crippen LogP) is 4.08. The summed E-state index contributed by atoms with van der Waals surface area (Å²) in [7, 11) is 0. The van der Waals surface area contributed by atoms with E-state index in [-0.39, 0.29) is 41.8 Å². The lowest BCUT2D eigenvalue weighted by Gasteiger charge is -2.32. The molecule has 4 rings (SSSR count). The van der Waals surface area contributed by atoms with Gasteiger partial charge in [-0.05, 0) is 31.7 Å². The molecule has 13 heteroatoms. The zero-order valence-corrected chi connectivity index (χ0v) is 19.2. The molecular formula is C22H24ClF4N3O5. The molecule has 2 N–H and O–H groups in total. The summed E-state index contributed by atoms with van der Waals surface area (Å²) >= 11 is 5.76. The second-order valence-corrected chi connectivity index (χ2v) is 8.88. The van der Waals surface area contributed by atoms with E-state index in [1.165, 1.54) is 12.3 Å². The van der Waals surface area contributed by atoms with Crippen molar-refractivity contribution in [2.45, 2.75) is 62.8 Å². The minimum Gasteiger partial charge on any atom is -0.488 e. The third-order valence-corrected chi connectivity index (χ3v) is 6.31. The van der Waals surface area contributed by atoms with Crippen LogP contribution >= 0.6 is 11.6 Å². The van der Waals surface area contributed by atoms with Crippen LogP contribution in [0.4, 0.5) is 17.6 Å². The Balaban J connectivity index is 1.23. The number of aromatic nitrogens is 2. The van der Waals surface area contributed by atoms with Crippen molar-refractivity contribution < 1.29 is 41.7 Å². The standard InChI is InChI=1S/C22H24ClF4N3O5/c23-16-7-15-18(31)9-20(35-19(15)8-17(16)24)21(32)29-12-1-3-13(4-2-12)30-11-14(10-28-30)33-5-6-34-22(25,26)27/h7-8,10-13,18,20,31H,1-6,9H2,(H,29,32)/t12?,13?,18-,20-/m1/s1. The molecule has 35 heavy (non-hydrogen) atoms. The van der Waals surface area contributed by atoms with Crippen LogP contribution in [-0.4, -0.2) is 52.5 Å². The summed E-state index contributed by atoms with van der Waals surface area (Å²) in [5.41, 5.74) is 0.344. The fourth-order valence-electron chi connectivity index (χ4n) is 4.29. The molecule has 0 spiro atoms. The fraction of sp³-hybridized carbons (Fsp3) is 0.545. The van der Waals surface area contributed by atoms with Gasteiger partial charge in [-0.25, -0.2) is 4.39 Å². The highest BCUT2D eigenvalue weighted by Gasteiger charge is 2.34. The number of nitrogens with zero attached hydrogens (tertiary/aromatic N) is 2. The van der Waals surface area contributed by atoms with E-state index in [2.05, 4.69) is 15.2 Å². The van der Waals surface area contributed by atoms with E-state index in [0.29, 0.717) is 37.0 Å². The lowest BCUT2D eigenvalue weighted by Crippen LogP contribution is -2.46. The van der Waals surface area contributed by atoms with Gasteiger partial charge in [-0.2, -0.15) is 5.10 Å². The van der Waals surface area contributed by atoms with E-state index in [4.69, 9.17) is 21.1 Å². The van der Waals surface area contributed by atoms with Crippen molar-refractivity contribution in [3.8, 4) is 11.5 Å². The van der Waals surface area contributed by atoms with E-state index in [1.807, 2.05) is 0 Å². The first-order valence-electron chi connectivity index (χ1n) is 11.1. The van der Waals surface area contributed by atoms with Crippen molar-refractivity contribution in [3.05, 3.63) is 40.9 Å². The molecule has 0 radical (unpaired) electrons. The first kappa shape index (κ1) is 25.5. The number of fused-ring (bicyclic) bond motifs is 1. The molecule has 0 bridgehead atoms. The van der Waals surface area contributed by atoms with E-state index in [0.717, 1.165) is 6.07 Å². The molecule has 1 amide bonds. The summed E-state index contributed by atoms with van der Waals surface area (Å²) < 4.78 is 66.0. The monoisotopic (exact) mass is 521 g/mol. The van der Waals surface area contributed by atoms with Gasteiger partial charge >= 0.3 is 6.36 Å². The Labute approximate surface area is 203 Å². The molecule has 1 aromatic carbocycles. The summed E-state index contributed by atoms with van der Waals surface area (Å²) in [6, 6.07) is 2.32. The van der Waals surface area contributed by atoms with Crippen LogP contribution in [0, 0.1) is 5.82 Å². The Kier molecular flexibility index (Phi) is 7.72. The number of alkyl halides is 3. The molecule has 1 aliphatic carbocycles. The Bertz CT molecular complexity index is 1040. The minimum atomic E-state index is -4.69. The van der Waals surface area contributed by atoms with Crippen LogP contribution in [0.15, 0.2) is 24.5 Å². The second kappa shape index (κ2) is 10.6. The van der Waals surface area contributed by atoms with Gasteiger partial charge in [-0.1, -0.05) is 11.6 Å². The minimum absolute atomic E-state index is 0.0280. The molecule has 1 saturated carbocycles. The van der Waals surface area contributed by atoms with Crippen LogP contribution in [-0.2, 0) is 9.53 Å². The van der Waals surface area contributed by atoms with Crippen molar-refractivity contribution in [1.82, 2.24) is 15.1 Å². The number of carbonyl (C=O) groups excluding carboxylic acids is 1. The van der Waals surface area contributed by atoms with Crippen molar-refractivity contribution in [2.75, 3.05) is 13.2 Å². The topological polar surface area (TPSA) is 94.8 Å². The number of rotatable bonds is 7. The van der Waals surface area contributed by atoms with Crippen molar-refractivity contribution >= 4 is 17.5 Å². The zero-order valence-electron chi connectivity index (χ0n) is 18.4. The molecule has 2 heterocycles. The fourth-order valence-corrected chi connectivity index (χ4v) is 4.46. The number of ether oxygens (including phenoxy) is 3. The lowest BCUT2D eigenvalue weighted by atomic mass is 9.91. The number of nitrogens with one attached hydrogen (secondary N) is 1. The van der Waals surface area contributed by atoms with Gasteiger partial charge in [0, 0.05) is 24.1 Å². The summed E-state index contributed by atoms with van der Waals surface area (Å²) in [5.74, 6) is -0.642. The second-order valence-electron chi connectivity index (χ2n) is 8.47. The van der Waals surface area contributed by atoms with Gasteiger partial charge in [0.2, 0.25) is 0 Å². The van der Waals surface area contributed by atoms with Gasteiger partial charge in [0.05, 0.1) is 36.2 Å². The third-order valence-electron chi connectivity index (χ3n) is 6.02. The number of hydrogen-bond acceptors (Lipinski definition) is 6. The highest BCUT2D eigenvalue weighted by atomic mass is 35.5. The Hall–Kier alpha value is -2.57. The average molecular weight is 522 g/mol. The maximum absolute atomic E-state index is 13.8. The van der Waals surface area contributed by atoms with E-state index >= 15 is 0 Å². The zero-order chi connectivity index (χ0) is 25.2. The molecule has 2 atom stereocenters. The van der Waals surface area contributed by atoms with Crippen LogP contribution in [0.25, 0.3) is 0 Å². The molecule has 1 fully saturated rings. The molecular weight excluding hydrogens is 498 g/mol. The van der Waals surface area contributed by atoms with Crippen LogP contribution in [0.5, 0.6) is 11.5 Å². The number of carbonyl (C=O) groups is 1. The SMILES string of the molecule is O=C(NC1CCC(n2cc(OCCOC(F)(F)F)cn2)CC1)[C@H]1C[C@@H](O)c2cc(Cl)c(F)cc2O1. The molecule has 8 nitrogen and oxygen atoms in total. The number of aliphatic hydroxyl groups is 1. The number of benzene rings is 1. The quantitative estimate of drug-likeness (QED) is 0.421. The number of aliphatic hydroxyl groups excluding tert-OH is 1. The van der Waals surface area contributed by atoms with E-state index in [1.54, 1.807) is 10.9 Å². The molecule has 0 unspecified atom stereocenters. The highest BCUT2D eigenvalue weighted by Crippen LogP contribution is 2.38. The summed E-state index contributed by atoms with van der Waals surface area (Å²) in [5, 5.41) is 17.4. The largest absolute Gasteiger partial charge is 0.522 e. The highest BCUT2D eigenvalue weighted by molar-refractivity contribution is 6.30. The molecule has 192 valence electrons. The van der Waals surface area contributed by atoms with Crippen molar-refractivity contribution in [3.63, 3.8) is 0 Å². The molecule has 0 saturated heterocycles. The van der Waals surface area contributed by atoms with E-state index < -0.39 is 31.0 Å². The normalized spacial score (nSPS) is 24.4. The maximum atomic E-state index is 13.8. The van der Waals surface area contributed by atoms with Gasteiger partial charge < -0.3 is 19.9 Å². The Morgan fingerprint density at radius 2 is 2.00 bits per heavy atom. The smallest absolute Gasteiger partial charge is 0.488 e. The van der Waals surface area contributed by atoms with Gasteiger partial charge in [0.25, 0.3) is 5.91 Å². The lowest BCUT2D eigenvalue weighted by molar-refractivity contribution is -0.325. The molecule has 1 aromatic heterocycles. The van der Waals surface area contributed by atoms with Crippen molar-refractivity contribution in [2.24, 2.45) is 0 Å². The molecule has 2 aliphatic rings. The van der Waals surface area contributed by atoms with Crippen LogP contribution in [0.3, 0.4) is 0 Å². The van der Waals surface area contributed by atoms with E-state index in [9.17, 15) is 27.5 Å². The predicted molar refractivity (Wildman–Crippen MR) is 115 cm³/mol. The Morgan fingerprint density at radius 3 is 2.71 bits per heavy atom. The van der Waals surface area contributed by atoms with Gasteiger partial charge in [0.15, 0.2) is 11.9 Å². The van der Waals surface area contributed by atoms with Crippen LogP contribution in [0.2, 0.25) is 5.02 Å². The number of halogens is 5. The first-order valence-corrected chi connectivity index (χ1v) is 11.5. The van der Waals surface area contributed by atoms with Gasteiger partial charge in [-0.15, -0.1) is 13.2 Å². The van der Waals surface area contributed by atoms with Gasteiger partial charge in [-0.3, -0.25) is 14.2 Å². The van der Waals surface area contributed by atoms with Crippen LogP contribution < -0.4 is 14.8 Å². The first-order chi connectivity index (χ1) is 16.6. The number of hydrogen-bond donors (Lipinski definition) is 2. The maximum Gasteiger partial charge on any atom is 0.522 e.